The summed E-state index contributed by atoms with van der Waals surface area (Å²) < 4.78 is 9.92. The number of amides is 1. The first kappa shape index (κ1) is 19.2. The lowest BCUT2D eigenvalue weighted by molar-refractivity contribution is -0.141. The maximum Gasteiger partial charge on any atom is 0.325 e. The van der Waals surface area contributed by atoms with Crippen molar-refractivity contribution >= 4 is 17.7 Å². The van der Waals surface area contributed by atoms with Gasteiger partial charge in [0.05, 0.1) is 7.11 Å². The number of benzene rings is 2. The van der Waals surface area contributed by atoms with Crippen LogP contribution in [-0.2, 0) is 9.53 Å². The lowest BCUT2D eigenvalue weighted by Crippen LogP contribution is -2.31. The van der Waals surface area contributed by atoms with Gasteiger partial charge in [0.15, 0.2) is 12.4 Å². The number of aryl methyl sites for hydroxylation is 2. The van der Waals surface area contributed by atoms with Gasteiger partial charge in [-0.3, -0.25) is 14.4 Å². The first-order valence-corrected chi connectivity index (χ1v) is 8.09. The average molecular weight is 355 g/mol. The third-order valence-electron chi connectivity index (χ3n) is 3.94. The number of methoxy groups -OCH3 is 1. The molecule has 2 rings (SSSR count). The van der Waals surface area contributed by atoms with E-state index in [9.17, 15) is 14.4 Å². The maximum atomic E-state index is 12.0. The molecular weight excluding hydrogens is 334 g/mol. The molecule has 0 aliphatic heterocycles. The van der Waals surface area contributed by atoms with Crippen LogP contribution < -0.4 is 10.1 Å². The molecule has 0 heterocycles. The van der Waals surface area contributed by atoms with E-state index in [0.29, 0.717) is 16.9 Å². The first-order chi connectivity index (χ1) is 12.4. The zero-order valence-electron chi connectivity index (χ0n) is 15.0. The van der Waals surface area contributed by atoms with Crippen molar-refractivity contribution in [1.82, 2.24) is 5.32 Å². The zero-order chi connectivity index (χ0) is 19.1. The topological polar surface area (TPSA) is 81.7 Å². The molecule has 1 amide bonds. The van der Waals surface area contributed by atoms with E-state index in [4.69, 9.17) is 9.47 Å². The minimum atomic E-state index is -0.677. The number of ketones is 1. The summed E-state index contributed by atoms with van der Waals surface area (Å²) in [7, 11) is 1.53. The van der Waals surface area contributed by atoms with Crippen LogP contribution in [0, 0.1) is 13.8 Å². The SMILES string of the molecule is COc1ccc(C(=O)COC(=O)CNC(=O)c2ccc(C)c(C)c2)cc1. The molecule has 0 bridgehead atoms. The van der Waals surface area contributed by atoms with Crippen LogP contribution in [-0.4, -0.2) is 37.9 Å². The van der Waals surface area contributed by atoms with Gasteiger partial charge in [-0.25, -0.2) is 0 Å². The van der Waals surface area contributed by atoms with Crippen molar-refractivity contribution in [2.45, 2.75) is 13.8 Å². The van der Waals surface area contributed by atoms with E-state index in [-0.39, 0.29) is 24.8 Å². The Morgan fingerprint density at radius 1 is 0.923 bits per heavy atom. The molecule has 0 aliphatic rings. The Morgan fingerprint density at radius 3 is 2.19 bits per heavy atom. The third kappa shape index (κ3) is 5.17. The summed E-state index contributed by atoms with van der Waals surface area (Å²) in [6, 6.07) is 11.8. The zero-order valence-corrected chi connectivity index (χ0v) is 15.0. The predicted molar refractivity (Wildman–Crippen MR) is 96.5 cm³/mol. The molecule has 136 valence electrons. The van der Waals surface area contributed by atoms with Gasteiger partial charge in [0, 0.05) is 11.1 Å². The molecule has 0 saturated carbocycles. The van der Waals surface area contributed by atoms with E-state index >= 15 is 0 Å². The standard InChI is InChI=1S/C20H21NO5/c1-13-4-5-16(10-14(13)2)20(24)21-11-19(23)26-12-18(22)15-6-8-17(25-3)9-7-15/h4-10H,11-12H2,1-3H3,(H,21,24). The number of hydrogen-bond acceptors (Lipinski definition) is 5. The van der Waals surface area contributed by atoms with Crippen molar-refractivity contribution in [2.75, 3.05) is 20.3 Å². The van der Waals surface area contributed by atoms with Gasteiger partial charge in [0.25, 0.3) is 5.91 Å². The Bertz CT molecular complexity index is 811. The molecule has 0 fully saturated rings. The van der Waals surface area contributed by atoms with Crippen LogP contribution in [0.4, 0.5) is 0 Å². The molecule has 0 radical (unpaired) electrons. The molecule has 6 heteroatoms. The van der Waals surface area contributed by atoms with Crippen LogP contribution >= 0.6 is 0 Å². The molecule has 0 spiro atoms. The number of rotatable bonds is 7. The van der Waals surface area contributed by atoms with Gasteiger partial charge in [0.1, 0.15) is 12.3 Å². The third-order valence-corrected chi connectivity index (χ3v) is 3.94. The summed E-state index contributed by atoms with van der Waals surface area (Å²) in [4.78, 5) is 35.7. The fourth-order valence-corrected chi connectivity index (χ4v) is 2.19. The molecule has 1 N–H and O–H groups in total. The van der Waals surface area contributed by atoms with Gasteiger partial charge in [-0.2, -0.15) is 0 Å². The quantitative estimate of drug-likeness (QED) is 0.609. The minimum Gasteiger partial charge on any atom is -0.497 e. The fourth-order valence-electron chi connectivity index (χ4n) is 2.19. The Balaban J connectivity index is 1.79. The highest BCUT2D eigenvalue weighted by Gasteiger charge is 2.12. The van der Waals surface area contributed by atoms with Crippen LogP contribution in [0.2, 0.25) is 0 Å². The van der Waals surface area contributed by atoms with E-state index in [1.165, 1.54) is 7.11 Å². The molecule has 0 saturated heterocycles. The van der Waals surface area contributed by atoms with Crippen molar-refractivity contribution in [3.05, 3.63) is 64.7 Å². The molecular formula is C20H21NO5. The van der Waals surface area contributed by atoms with E-state index in [1.807, 2.05) is 19.9 Å². The van der Waals surface area contributed by atoms with Gasteiger partial charge in [-0.05, 0) is 61.4 Å². The second-order valence-corrected chi connectivity index (χ2v) is 5.79. The van der Waals surface area contributed by atoms with E-state index in [1.54, 1.807) is 36.4 Å². The minimum absolute atomic E-state index is 0.304. The van der Waals surface area contributed by atoms with Crippen LogP contribution in [0.5, 0.6) is 5.75 Å². The summed E-state index contributed by atoms with van der Waals surface area (Å²) in [5.74, 6) is -0.746. The number of nitrogens with one attached hydrogen (secondary N) is 1. The number of carbonyl (C=O) groups is 3. The summed E-state index contributed by atoms with van der Waals surface area (Å²) in [6.45, 7) is 3.17. The van der Waals surface area contributed by atoms with Gasteiger partial charge >= 0.3 is 5.97 Å². The summed E-state index contributed by atoms with van der Waals surface area (Å²) >= 11 is 0. The summed E-state index contributed by atoms with van der Waals surface area (Å²) in [6.07, 6.45) is 0. The van der Waals surface area contributed by atoms with Crippen LogP contribution in [0.15, 0.2) is 42.5 Å². The summed E-state index contributed by atoms with van der Waals surface area (Å²) in [5, 5.41) is 2.48. The van der Waals surface area contributed by atoms with Gasteiger partial charge < -0.3 is 14.8 Å². The fraction of sp³-hybridized carbons (Fsp3) is 0.250. The predicted octanol–water partition coefficient (Wildman–Crippen LogP) is 2.47. The van der Waals surface area contributed by atoms with Crippen LogP contribution in [0.25, 0.3) is 0 Å². The Hall–Kier alpha value is -3.15. The van der Waals surface area contributed by atoms with Gasteiger partial charge in [0.2, 0.25) is 0 Å². The van der Waals surface area contributed by atoms with Crippen molar-refractivity contribution in [3.8, 4) is 5.75 Å². The normalized spacial score (nSPS) is 10.1. The molecule has 6 nitrogen and oxygen atoms in total. The highest BCUT2D eigenvalue weighted by Crippen LogP contribution is 2.12. The second kappa shape index (κ2) is 8.80. The number of hydrogen-bond donors (Lipinski definition) is 1. The number of ether oxygens (including phenoxy) is 2. The Kier molecular flexibility index (Phi) is 6.49. The van der Waals surface area contributed by atoms with Crippen molar-refractivity contribution in [2.24, 2.45) is 0 Å². The van der Waals surface area contributed by atoms with Gasteiger partial charge in [-0.1, -0.05) is 6.07 Å². The van der Waals surface area contributed by atoms with Crippen molar-refractivity contribution in [3.63, 3.8) is 0 Å². The highest BCUT2D eigenvalue weighted by atomic mass is 16.5. The maximum absolute atomic E-state index is 12.0. The van der Waals surface area contributed by atoms with E-state index < -0.39 is 5.97 Å². The Morgan fingerprint density at radius 2 is 1.58 bits per heavy atom. The largest absolute Gasteiger partial charge is 0.497 e. The lowest BCUT2D eigenvalue weighted by atomic mass is 10.1. The highest BCUT2D eigenvalue weighted by molar-refractivity contribution is 5.99. The second-order valence-electron chi connectivity index (χ2n) is 5.79. The Labute approximate surface area is 152 Å². The molecule has 0 aliphatic carbocycles. The number of Topliss-reactive ketones (excluding diaryl/α,β-unsaturated/α-hetero) is 1. The van der Waals surface area contributed by atoms with Crippen molar-refractivity contribution < 1.29 is 23.9 Å². The molecule has 2 aromatic rings. The molecule has 0 aromatic heterocycles. The lowest BCUT2D eigenvalue weighted by Gasteiger charge is -2.08. The average Bonchev–Trinajstić information content (AvgIpc) is 2.66. The molecule has 26 heavy (non-hydrogen) atoms. The number of carbonyl (C=O) groups excluding carboxylic acids is 3. The van der Waals surface area contributed by atoms with Gasteiger partial charge in [-0.15, -0.1) is 0 Å². The van der Waals surface area contributed by atoms with E-state index in [2.05, 4.69) is 5.32 Å². The van der Waals surface area contributed by atoms with Crippen molar-refractivity contribution in [1.29, 1.82) is 0 Å². The van der Waals surface area contributed by atoms with Crippen LogP contribution in [0.3, 0.4) is 0 Å². The number of esters is 1. The van der Waals surface area contributed by atoms with Crippen LogP contribution in [0.1, 0.15) is 31.8 Å². The molecule has 0 atom stereocenters. The smallest absolute Gasteiger partial charge is 0.325 e. The molecule has 2 aromatic carbocycles. The summed E-state index contributed by atoms with van der Waals surface area (Å²) in [5.41, 5.74) is 2.95. The van der Waals surface area contributed by atoms with E-state index in [0.717, 1.165) is 11.1 Å². The monoisotopic (exact) mass is 355 g/mol. The molecule has 0 unspecified atom stereocenters. The first-order valence-electron chi connectivity index (χ1n) is 8.09.